The van der Waals surface area contributed by atoms with Crippen molar-refractivity contribution in [1.82, 2.24) is 9.97 Å². The van der Waals surface area contributed by atoms with Gasteiger partial charge in [-0.2, -0.15) is 4.98 Å². The van der Waals surface area contributed by atoms with E-state index in [0.29, 0.717) is 11.8 Å². The molecule has 6 heteroatoms. The highest BCUT2D eigenvalue weighted by atomic mass is 79.9. The van der Waals surface area contributed by atoms with E-state index in [4.69, 9.17) is 4.74 Å². The number of hydrogen-bond donors (Lipinski definition) is 1. The molecule has 0 radical (unpaired) electrons. The standard InChI is InChI=1S/C15H14BrN3OS/c1-2-8-17-15-18-13(12-7-9-21-14(12)19-15)20-11-5-3-10(16)4-6-11/h3-7,9H,2,8H2,1H3,(H,17,18,19). The molecule has 0 spiro atoms. The van der Waals surface area contributed by atoms with E-state index >= 15 is 0 Å². The molecule has 0 aliphatic rings. The van der Waals surface area contributed by atoms with Gasteiger partial charge in [-0.15, -0.1) is 11.3 Å². The number of halogens is 1. The molecule has 3 aromatic rings. The summed E-state index contributed by atoms with van der Waals surface area (Å²) in [4.78, 5) is 9.90. The molecule has 0 saturated carbocycles. The molecule has 0 aliphatic carbocycles. The summed E-state index contributed by atoms with van der Waals surface area (Å²) in [5.74, 6) is 1.95. The van der Waals surface area contributed by atoms with Crippen LogP contribution >= 0.6 is 27.3 Å². The molecule has 21 heavy (non-hydrogen) atoms. The maximum Gasteiger partial charge on any atom is 0.232 e. The minimum Gasteiger partial charge on any atom is -0.438 e. The van der Waals surface area contributed by atoms with Crippen LogP contribution in [-0.2, 0) is 0 Å². The molecule has 0 bridgehead atoms. The summed E-state index contributed by atoms with van der Waals surface area (Å²) >= 11 is 5.00. The van der Waals surface area contributed by atoms with Crippen molar-refractivity contribution in [2.24, 2.45) is 0 Å². The van der Waals surface area contributed by atoms with Gasteiger partial charge in [0.15, 0.2) is 0 Å². The van der Waals surface area contributed by atoms with E-state index in [1.165, 1.54) is 0 Å². The lowest BCUT2D eigenvalue weighted by molar-refractivity contribution is 0.469. The van der Waals surface area contributed by atoms with E-state index in [9.17, 15) is 0 Å². The lowest BCUT2D eigenvalue weighted by Crippen LogP contribution is -2.04. The van der Waals surface area contributed by atoms with Gasteiger partial charge >= 0.3 is 0 Å². The van der Waals surface area contributed by atoms with E-state index in [2.05, 4.69) is 38.1 Å². The third-order valence-electron chi connectivity index (χ3n) is 2.85. The number of benzene rings is 1. The molecule has 0 aliphatic heterocycles. The second-order valence-corrected chi connectivity index (χ2v) is 6.28. The topological polar surface area (TPSA) is 47.0 Å². The second kappa shape index (κ2) is 6.41. The van der Waals surface area contributed by atoms with Crippen molar-refractivity contribution in [3.05, 3.63) is 40.2 Å². The van der Waals surface area contributed by atoms with Gasteiger partial charge in [0.05, 0.1) is 5.39 Å². The van der Waals surface area contributed by atoms with Gasteiger partial charge in [-0.25, -0.2) is 4.98 Å². The van der Waals surface area contributed by atoms with Crippen LogP contribution in [0.25, 0.3) is 10.2 Å². The zero-order chi connectivity index (χ0) is 14.7. The van der Waals surface area contributed by atoms with Crippen LogP contribution < -0.4 is 10.1 Å². The van der Waals surface area contributed by atoms with Crippen LogP contribution in [-0.4, -0.2) is 16.5 Å². The first kappa shape index (κ1) is 14.3. The van der Waals surface area contributed by atoms with Crippen molar-refractivity contribution in [3.8, 4) is 11.6 Å². The van der Waals surface area contributed by atoms with Crippen LogP contribution in [0, 0.1) is 0 Å². The molecule has 1 aromatic carbocycles. The third kappa shape index (κ3) is 3.33. The molecule has 0 saturated heterocycles. The number of anilines is 1. The Labute approximate surface area is 135 Å². The number of aromatic nitrogens is 2. The molecular formula is C15H14BrN3OS. The largest absolute Gasteiger partial charge is 0.438 e. The van der Waals surface area contributed by atoms with Crippen molar-refractivity contribution in [2.45, 2.75) is 13.3 Å². The Morgan fingerprint density at radius 1 is 1.19 bits per heavy atom. The highest BCUT2D eigenvalue weighted by Gasteiger charge is 2.10. The van der Waals surface area contributed by atoms with Crippen LogP contribution in [0.1, 0.15) is 13.3 Å². The normalized spacial score (nSPS) is 10.8. The van der Waals surface area contributed by atoms with E-state index < -0.39 is 0 Å². The summed E-state index contributed by atoms with van der Waals surface area (Å²) < 4.78 is 6.94. The first-order chi connectivity index (χ1) is 10.3. The minimum absolute atomic E-state index is 0.585. The Morgan fingerprint density at radius 2 is 2.00 bits per heavy atom. The van der Waals surface area contributed by atoms with Crippen molar-refractivity contribution in [1.29, 1.82) is 0 Å². The number of ether oxygens (including phenoxy) is 1. The number of rotatable bonds is 5. The Bertz CT molecular complexity index is 742. The molecule has 2 heterocycles. The number of nitrogens with zero attached hydrogens (tertiary/aromatic N) is 2. The number of thiophene rings is 1. The Balaban J connectivity index is 1.95. The van der Waals surface area contributed by atoms with Gasteiger partial charge in [-0.05, 0) is 42.1 Å². The van der Waals surface area contributed by atoms with E-state index in [0.717, 1.165) is 33.4 Å². The maximum absolute atomic E-state index is 5.92. The fraction of sp³-hybridized carbons (Fsp3) is 0.200. The van der Waals surface area contributed by atoms with Crippen molar-refractivity contribution in [2.75, 3.05) is 11.9 Å². The molecule has 0 amide bonds. The SMILES string of the molecule is CCCNc1nc(Oc2ccc(Br)cc2)c2ccsc2n1. The monoisotopic (exact) mass is 363 g/mol. The van der Waals surface area contributed by atoms with E-state index in [1.54, 1.807) is 11.3 Å². The smallest absolute Gasteiger partial charge is 0.232 e. The molecule has 108 valence electrons. The summed E-state index contributed by atoms with van der Waals surface area (Å²) in [5.41, 5.74) is 0. The average Bonchev–Trinajstić information content (AvgIpc) is 2.96. The Morgan fingerprint density at radius 3 is 2.76 bits per heavy atom. The second-order valence-electron chi connectivity index (χ2n) is 4.47. The van der Waals surface area contributed by atoms with Gasteiger partial charge in [0.25, 0.3) is 0 Å². The summed E-state index contributed by atoms with van der Waals surface area (Å²) in [7, 11) is 0. The van der Waals surface area contributed by atoms with Gasteiger partial charge in [-0.1, -0.05) is 22.9 Å². The molecule has 0 unspecified atom stereocenters. The quantitative estimate of drug-likeness (QED) is 0.687. The van der Waals surface area contributed by atoms with Crippen LogP contribution in [0.2, 0.25) is 0 Å². The first-order valence-electron chi connectivity index (χ1n) is 6.69. The van der Waals surface area contributed by atoms with Gasteiger partial charge in [-0.3, -0.25) is 0 Å². The Kier molecular flexibility index (Phi) is 4.36. The molecular weight excluding hydrogens is 350 g/mol. The number of fused-ring (bicyclic) bond motifs is 1. The van der Waals surface area contributed by atoms with Crippen molar-refractivity contribution in [3.63, 3.8) is 0 Å². The van der Waals surface area contributed by atoms with Crippen LogP contribution in [0.3, 0.4) is 0 Å². The molecule has 3 rings (SSSR count). The van der Waals surface area contributed by atoms with Crippen LogP contribution in [0.4, 0.5) is 5.95 Å². The minimum atomic E-state index is 0.585. The predicted octanol–water partition coefficient (Wildman–Crippen LogP) is 5.07. The van der Waals surface area contributed by atoms with Crippen molar-refractivity contribution >= 4 is 43.4 Å². The van der Waals surface area contributed by atoms with Crippen LogP contribution in [0.15, 0.2) is 40.2 Å². The lowest BCUT2D eigenvalue weighted by Gasteiger charge is -2.09. The van der Waals surface area contributed by atoms with Crippen molar-refractivity contribution < 1.29 is 4.74 Å². The molecule has 4 nitrogen and oxygen atoms in total. The highest BCUT2D eigenvalue weighted by Crippen LogP contribution is 2.31. The first-order valence-corrected chi connectivity index (χ1v) is 8.36. The maximum atomic E-state index is 5.92. The van der Waals surface area contributed by atoms with Gasteiger partial charge < -0.3 is 10.1 Å². The zero-order valence-electron chi connectivity index (χ0n) is 11.5. The molecule has 1 N–H and O–H groups in total. The predicted molar refractivity (Wildman–Crippen MR) is 90.4 cm³/mol. The fourth-order valence-electron chi connectivity index (χ4n) is 1.84. The average molecular weight is 364 g/mol. The van der Waals surface area contributed by atoms with Crippen LogP contribution in [0.5, 0.6) is 11.6 Å². The van der Waals surface area contributed by atoms with E-state index in [-0.39, 0.29) is 0 Å². The van der Waals surface area contributed by atoms with Gasteiger partial charge in [0.1, 0.15) is 10.6 Å². The lowest BCUT2D eigenvalue weighted by atomic mass is 10.3. The van der Waals surface area contributed by atoms with Gasteiger partial charge in [0.2, 0.25) is 11.8 Å². The number of hydrogen-bond acceptors (Lipinski definition) is 5. The van der Waals surface area contributed by atoms with Gasteiger partial charge in [0, 0.05) is 11.0 Å². The number of nitrogens with one attached hydrogen (secondary N) is 1. The summed E-state index contributed by atoms with van der Waals surface area (Å²) in [6.45, 7) is 2.95. The summed E-state index contributed by atoms with van der Waals surface area (Å²) in [6, 6.07) is 9.68. The third-order valence-corrected chi connectivity index (χ3v) is 4.19. The Hall–Kier alpha value is -1.66. The molecule has 0 fully saturated rings. The molecule has 2 aromatic heterocycles. The highest BCUT2D eigenvalue weighted by molar-refractivity contribution is 9.10. The summed E-state index contributed by atoms with van der Waals surface area (Å²) in [5, 5.41) is 6.14. The fourth-order valence-corrected chi connectivity index (χ4v) is 2.85. The zero-order valence-corrected chi connectivity index (χ0v) is 13.9. The summed E-state index contributed by atoms with van der Waals surface area (Å²) in [6.07, 6.45) is 1.02. The van der Waals surface area contributed by atoms with E-state index in [1.807, 2.05) is 35.7 Å². The molecule has 0 atom stereocenters.